The SMILES string of the molecule is CCCN(CCO)Cc1ccccc1OC. The fraction of sp³-hybridized carbons (Fsp3) is 0.538. The summed E-state index contributed by atoms with van der Waals surface area (Å²) in [5.41, 5.74) is 1.17. The van der Waals surface area contributed by atoms with Gasteiger partial charge in [0.15, 0.2) is 0 Å². The number of para-hydroxylation sites is 1. The number of hydrogen-bond donors (Lipinski definition) is 1. The van der Waals surface area contributed by atoms with Crippen LogP contribution in [0, 0.1) is 0 Å². The summed E-state index contributed by atoms with van der Waals surface area (Å²) in [5, 5.41) is 8.99. The van der Waals surface area contributed by atoms with Crippen LogP contribution >= 0.6 is 0 Å². The van der Waals surface area contributed by atoms with Crippen molar-refractivity contribution in [1.29, 1.82) is 0 Å². The fourth-order valence-electron chi connectivity index (χ4n) is 1.80. The minimum Gasteiger partial charge on any atom is -0.496 e. The molecule has 0 spiro atoms. The standard InChI is InChI=1S/C13H21NO2/c1-3-8-14(9-10-15)11-12-6-4-5-7-13(12)16-2/h4-7,15H,3,8-11H2,1-2H3. The van der Waals surface area contributed by atoms with E-state index in [1.165, 1.54) is 5.56 Å². The largest absolute Gasteiger partial charge is 0.496 e. The van der Waals surface area contributed by atoms with Gasteiger partial charge in [0.2, 0.25) is 0 Å². The van der Waals surface area contributed by atoms with Gasteiger partial charge in [-0.1, -0.05) is 25.1 Å². The Morgan fingerprint density at radius 1 is 1.25 bits per heavy atom. The van der Waals surface area contributed by atoms with E-state index in [2.05, 4.69) is 17.9 Å². The molecule has 3 nitrogen and oxygen atoms in total. The number of hydrogen-bond acceptors (Lipinski definition) is 3. The van der Waals surface area contributed by atoms with Crippen molar-refractivity contribution in [2.24, 2.45) is 0 Å². The molecule has 0 aliphatic heterocycles. The van der Waals surface area contributed by atoms with Crippen LogP contribution in [-0.4, -0.2) is 36.8 Å². The Balaban J connectivity index is 2.67. The first-order valence-corrected chi connectivity index (χ1v) is 5.77. The molecule has 3 heteroatoms. The molecule has 1 aromatic carbocycles. The summed E-state index contributed by atoms with van der Waals surface area (Å²) in [6, 6.07) is 8.02. The molecule has 0 amide bonds. The van der Waals surface area contributed by atoms with Crippen molar-refractivity contribution < 1.29 is 9.84 Å². The van der Waals surface area contributed by atoms with Gasteiger partial charge in [-0.3, -0.25) is 4.90 Å². The maximum Gasteiger partial charge on any atom is 0.123 e. The molecule has 1 rings (SSSR count). The molecule has 0 fully saturated rings. The van der Waals surface area contributed by atoms with Gasteiger partial charge in [0, 0.05) is 18.7 Å². The summed E-state index contributed by atoms with van der Waals surface area (Å²) in [5.74, 6) is 0.918. The second kappa shape index (κ2) is 7.25. The molecule has 0 radical (unpaired) electrons. The van der Waals surface area contributed by atoms with E-state index in [1.807, 2.05) is 18.2 Å². The van der Waals surface area contributed by atoms with Gasteiger partial charge in [0.25, 0.3) is 0 Å². The molecule has 0 aliphatic rings. The third-order valence-corrected chi connectivity index (χ3v) is 2.54. The lowest BCUT2D eigenvalue weighted by molar-refractivity contribution is 0.189. The fourth-order valence-corrected chi connectivity index (χ4v) is 1.80. The molecular weight excluding hydrogens is 202 g/mol. The Hall–Kier alpha value is -1.06. The van der Waals surface area contributed by atoms with Crippen LogP contribution in [0.15, 0.2) is 24.3 Å². The first kappa shape index (κ1) is 13.0. The molecule has 16 heavy (non-hydrogen) atoms. The van der Waals surface area contributed by atoms with Gasteiger partial charge in [-0.2, -0.15) is 0 Å². The molecule has 0 aliphatic carbocycles. The maximum atomic E-state index is 8.99. The van der Waals surface area contributed by atoms with Gasteiger partial charge < -0.3 is 9.84 Å². The highest BCUT2D eigenvalue weighted by Crippen LogP contribution is 2.19. The van der Waals surface area contributed by atoms with Gasteiger partial charge in [-0.05, 0) is 19.0 Å². The number of aliphatic hydroxyl groups is 1. The van der Waals surface area contributed by atoms with Crippen LogP contribution in [0.5, 0.6) is 5.75 Å². The molecule has 0 unspecified atom stereocenters. The number of ether oxygens (including phenoxy) is 1. The van der Waals surface area contributed by atoms with E-state index in [1.54, 1.807) is 7.11 Å². The van der Waals surface area contributed by atoms with Crippen molar-refractivity contribution in [3.8, 4) is 5.75 Å². The van der Waals surface area contributed by atoms with Crippen LogP contribution in [0.3, 0.4) is 0 Å². The molecule has 0 saturated heterocycles. The number of nitrogens with zero attached hydrogens (tertiary/aromatic N) is 1. The topological polar surface area (TPSA) is 32.7 Å². The highest BCUT2D eigenvalue weighted by atomic mass is 16.5. The Morgan fingerprint density at radius 2 is 2.00 bits per heavy atom. The van der Waals surface area contributed by atoms with Crippen molar-refractivity contribution in [2.75, 3.05) is 26.8 Å². The average molecular weight is 223 g/mol. The van der Waals surface area contributed by atoms with Crippen LogP contribution in [0.2, 0.25) is 0 Å². The van der Waals surface area contributed by atoms with Crippen LogP contribution in [0.25, 0.3) is 0 Å². The summed E-state index contributed by atoms with van der Waals surface area (Å²) in [6.07, 6.45) is 1.09. The lowest BCUT2D eigenvalue weighted by Gasteiger charge is -2.21. The van der Waals surface area contributed by atoms with Crippen molar-refractivity contribution in [3.05, 3.63) is 29.8 Å². The predicted molar refractivity (Wildman–Crippen MR) is 65.6 cm³/mol. The summed E-state index contributed by atoms with van der Waals surface area (Å²) < 4.78 is 5.31. The molecule has 0 atom stereocenters. The number of rotatable bonds is 7. The van der Waals surface area contributed by atoms with Gasteiger partial charge in [0.05, 0.1) is 13.7 Å². The Morgan fingerprint density at radius 3 is 2.62 bits per heavy atom. The van der Waals surface area contributed by atoms with Crippen LogP contribution in [0.1, 0.15) is 18.9 Å². The Kier molecular flexibility index (Phi) is 5.90. The van der Waals surface area contributed by atoms with Crippen LogP contribution < -0.4 is 4.74 Å². The van der Waals surface area contributed by atoms with Crippen molar-refractivity contribution in [2.45, 2.75) is 19.9 Å². The summed E-state index contributed by atoms with van der Waals surface area (Å²) in [6.45, 7) is 4.89. The molecule has 0 saturated carbocycles. The molecule has 90 valence electrons. The molecule has 0 aromatic heterocycles. The zero-order valence-electron chi connectivity index (χ0n) is 10.1. The smallest absolute Gasteiger partial charge is 0.123 e. The Bertz CT molecular complexity index is 296. The monoisotopic (exact) mass is 223 g/mol. The zero-order valence-corrected chi connectivity index (χ0v) is 10.1. The highest BCUT2D eigenvalue weighted by molar-refractivity contribution is 5.33. The predicted octanol–water partition coefficient (Wildman–Crippen LogP) is 1.90. The van der Waals surface area contributed by atoms with E-state index in [9.17, 15) is 0 Å². The summed E-state index contributed by atoms with van der Waals surface area (Å²) in [4.78, 5) is 2.23. The van der Waals surface area contributed by atoms with Crippen molar-refractivity contribution in [1.82, 2.24) is 4.90 Å². The van der Waals surface area contributed by atoms with Crippen LogP contribution in [-0.2, 0) is 6.54 Å². The molecule has 0 heterocycles. The highest BCUT2D eigenvalue weighted by Gasteiger charge is 2.07. The lowest BCUT2D eigenvalue weighted by Crippen LogP contribution is -2.27. The molecule has 1 aromatic rings. The molecule has 1 N–H and O–H groups in total. The van der Waals surface area contributed by atoms with E-state index in [0.717, 1.165) is 25.3 Å². The second-order valence-corrected chi connectivity index (χ2v) is 3.81. The minimum atomic E-state index is 0.204. The average Bonchev–Trinajstić information content (AvgIpc) is 2.30. The van der Waals surface area contributed by atoms with Gasteiger partial charge in [-0.15, -0.1) is 0 Å². The first-order valence-electron chi connectivity index (χ1n) is 5.77. The van der Waals surface area contributed by atoms with Crippen molar-refractivity contribution >= 4 is 0 Å². The van der Waals surface area contributed by atoms with Gasteiger partial charge in [0.1, 0.15) is 5.75 Å². The zero-order chi connectivity index (χ0) is 11.8. The minimum absolute atomic E-state index is 0.204. The number of methoxy groups -OCH3 is 1. The molecular formula is C13H21NO2. The van der Waals surface area contributed by atoms with E-state index in [-0.39, 0.29) is 6.61 Å². The normalized spacial score (nSPS) is 10.8. The van der Waals surface area contributed by atoms with E-state index in [0.29, 0.717) is 6.54 Å². The summed E-state index contributed by atoms with van der Waals surface area (Å²) >= 11 is 0. The van der Waals surface area contributed by atoms with E-state index < -0.39 is 0 Å². The lowest BCUT2D eigenvalue weighted by atomic mass is 10.2. The first-order chi connectivity index (χ1) is 7.81. The Labute approximate surface area is 97.7 Å². The molecule has 0 bridgehead atoms. The maximum absolute atomic E-state index is 8.99. The quantitative estimate of drug-likeness (QED) is 0.766. The van der Waals surface area contributed by atoms with Crippen molar-refractivity contribution in [3.63, 3.8) is 0 Å². The van der Waals surface area contributed by atoms with E-state index in [4.69, 9.17) is 9.84 Å². The third kappa shape index (κ3) is 3.83. The van der Waals surface area contributed by atoms with Gasteiger partial charge in [-0.25, -0.2) is 0 Å². The number of aliphatic hydroxyl groups excluding tert-OH is 1. The third-order valence-electron chi connectivity index (χ3n) is 2.54. The second-order valence-electron chi connectivity index (χ2n) is 3.81. The van der Waals surface area contributed by atoms with Crippen LogP contribution in [0.4, 0.5) is 0 Å². The van der Waals surface area contributed by atoms with E-state index >= 15 is 0 Å². The number of benzene rings is 1. The van der Waals surface area contributed by atoms with Gasteiger partial charge >= 0.3 is 0 Å². The summed E-state index contributed by atoms with van der Waals surface area (Å²) in [7, 11) is 1.69.